The van der Waals surface area contributed by atoms with Crippen LogP contribution >= 0.6 is 0 Å². The SMILES string of the molecule is COc1ccc(C(=O)N2CCC3(CC2)OCC(C(=O)N2CCCC2)N3C(=O)c2ccc(OC)cc2)cc1. The summed E-state index contributed by atoms with van der Waals surface area (Å²) in [6, 6.07) is 13.3. The Hall–Kier alpha value is -3.59. The van der Waals surface area contributed by atoms with Crippen LogP contribution in [0, 0.1) is 0 Å². The Morgan fingerprint density at radius 1 is 0.757 bits per heavy atom. The van der Waals surface area contributed by atoms with Crippen LogP contribution < -0.4 is 9.47 Å². The molecular formula is C28H33N3O6. The van der Waals surface area contributed by atoms with E-state index in [2.05, 4.69) is 0 Å². The number of hydrogen-bond donors (Lipinski definition) is 0. The van der Waals surface area contributed by atoms with Gasteiger partial charge < -0.3 is 24.0 Å². The van der Waals surface area contributed by atoms with Crippen LogP contribution in [0.25, 0.3) is 0 Å². The average Bonchev–Trinajstić information content (AvgIpc) is 3.62. The second kappa shape index (κ2) is 10.4. The van der Waals surface area contributed by atoms with Crippen LogP contribution in [0.3, 0.4) is 0 Å². The zero-order valence-electron chi connectivity index (χ0n) is 21.4. The van der Waals surface area contributed by atoms with Gasteiger partial charge in [0, 0.05) is 50.1 Å². The van der Waals surface area contributed by atoms with Crippen molar-refractivity contribution in [3.8, 4) is 11.5 Å². The van der Waals surface area contributed by atoms with Crippen LogP contribution in [0.2, 0.25) is 0 Å². The molecule has 0 aromatic heterocycles. The summed E-state index contributed by atoms with van der Waals surface area (Å²) in [6.07, 6.45) is 2.81. The lowest BCUT2D eigenvalue weighted by atomic mass is 9.96. The molecule has 5 rings (SSSR count). The summed E-state index contributed by atoms with van der Waals surface area (Å²) in [5.41, 5.74) is 0.118. The van der Waals surface area contributed by atoms with E-state index in [1.54, 1.807) is 72.6 Å². The Kier molecular flexibility index (Phi) is 7.06. The predicted molar refractivity (Wildman–Crippen MR) is 136 cm³/mol. The number of rotatable bonds is 5. The molecule has 196 valence electrons. The number of ether oxygens (including phenoxy) is 3. The number of piperidine rings is 1. The first-order valence-electron chi connectivity index (χ1n) is 12.8. The minimum atomic E-state index is -0.937. The fourth-order valence-electron chi connectivity index (χ4n) is 5.55. The van der Waals surface area contributed by atoms with E-state index in [0.29, 0.717) is 61.6 Å². The van der Waals surface area contributed by atoms with Gasteiger partial charge in [-0.15, -0.1) is 0 Å². The third-order valence-electron chi connectivity index (χ3n) is 7.69. The molecule has 9 nitrogen and oxygen atoms in total. The fraction of sp³-hybridized carbons (Fsp3) is 0.464. The Labute approximate surface area is 216 Å². The maximum atomic E-state index is 13.9. The summed E-state index contributed by atoms with van der Waals surface area (Å²) >= 11 is 0. The largest absolute Gasteiger partial charge is 0.497 e. The Balaban J connectivity index is 1.37. The Morgan fingerprint density at radius 2 is 1.27 bits per heavy atom. The Bertz CT molecular complexity index is 1140. The maximum Gasteiger partial charge on any atom is 0.256 e. The number of likely N-dealkylation sites (tertiary alicyclic amines) is 2. The first-order valence-corrected chi connectivity index (χ1v) is 12.8. The van der Waals surface area contributed by atoms with Crippen LogP contribution in [-0.4, -0.2) is 91.2 Å². The third kappa shape index (κ3) is 4.75. The highest BCUT2D eigenvalue weighted by molar-refractivity contribution is 5.99. The van der Waals surface area contributed by atoms with Crippen molar-refractivity contribution in [2.24, 2.45) is 0 Å². The van der Waals surface area contributed by atoms with E-state index in [1.165, 1.54) is 0 Å². The van der Waals surface area contributed by atoms with E-state index < -0.39 is 11.8 Å². The van der Waals surface area contributed by atoms with Crippen molar-refractivity contribution < 1.29 is 28.6 Å². The van der Waals surface area contributed by atoms with E-state index in [0.717, 1.165) is 12.8 Å². The van der Waals surface area contributed by atoms with E-state index in [4.69, 9.17) is 14.2 Å². The minimum Gasteiger partial charge on any atom is -0.497 e. The van der Waals surface area contributed by atoms with Crippen molar-refractivity contribution in [1.82, 2.24) is 14.7 Å². The molecule has 1 spiro atoms. The normalized spacial score (nSPS) is 20.8. The van der Waals surface area contributed by atoms with Gasteiger partial charge in [-0.25, -0.2) is 0 Å². The van der Waals surface area contributed by atoms with Gasteiger partial charge in [-0.1, -0.05) is 0 Å². The highest BCUT2D eigenvalue weighted by atomic mass is 16.5. The molecule has 9 heteroatoms. The van der Waals surface area contributed by atoms with Crippen LogP contribution in [-0.2, 0) is 9.53 Å². The number of hydrogen-bond acceptors (Lipinski definition) is 6. The van der Waals surface area contributed by atoms with Crippen molar-refractivity contribution in [1.29, 1.82) is 0 Å². The second-order valence-electron chi connectivity index (χ2n) is 9.73. The molecular weight excluding hydrogens is 474 g/mol. The molecule has 3 fully saturated rings. The maximum absolute atomic E-state index is 13.9. The molecule has 0 aliphatic carbocycles. The van der Waals surface area contributed by atoms with Crippen molar-refractivity contribution in [3.63, 3.8) is 0 Å². The summed E-state index contributed by atoms with van der Waals surface area (Å²) in [5.74, 6) is 0.961. The van der Waals surface area contributed by atoms with E-state index in [9.17, 15) is 14.4 Å². The van der Waals surface area contributed by atoms with Gasteiger partial charge in [-0.05, 0) is 61.4 Å². The van der Waals surface area contributed by atoms with Gasteiger partial charge >= 0.3 is 0 Å². The number of amides is 3. The lowest BCUT2D eigenvalue weighted by Gasteiger charge is -2.44. The molecule has 1 unspecified atom stereocenters. The molecule has 3 aliphatic heterocycles. The number of methoxy groups -OCH3 is 2. The molecule has 0 saturated carbocycles. The minimum absolute atomic E-state index is 0.0621. The topological polar surface area (TPSA) is 88.6 Å². The standard InChI is InChI=1S/C28H33N3O6/c1-35-22-9-5-20(6-10-22)25(32)30-17-13-28(14-18-30)31(26(33)21-7-11-23(36-2)12-8-21)24(19-37-28)27(34)29-15-3-4-16-29/h5-12,24H,3-4,13-19H2,1-2H3. The van der Waals surface area contributed by atoms with Crippen molar-refractivity contribution in [2.75, 3.05) is 47.0 Å². The predicted octanol–water partition coefficient (Wildman–Crippen LogP) is 2.80. The summed E-state index contributed by atoms with van der Waals surface area (Å²) in [5, 5.41) is 0. The quantitative estimate of drug-likeness (QED) is 0.619. The van der Waals surface area contributed by atoms with Crippen molar-refractivity contribution in [2.45, 2.75) is 37.5 Å². The summed E-state index contributed by atoms with van der Waals surface area (Å²) < 4.78 is 16.7. The molecule has 1 atom stereocenters. The van der Waals surface area contributed by atoms with Crippen molar-refractivity contribution >= 4 is 17.7 Å². The van der Waals surface area contributed by atoms with Crippen LogP contribution in [0.1, 0.15) is 46.4 Å². The van der Waals surface area contributed by atoms with Gasteiger partial charge in [0.25, 0.3) is 11.8 Å². The molecule has 0 bridgehead atoms. The molecule has 3 aliphatic rings. The Morgan fingerprint density at radius 3 is 1.78 bits per heavy atom. The van der Waals surface area contributed by atoms with Gasteiger partial charge in [0.2, 0.25) is 5.91 Å². The van der Waals surface area contributed by atoms with Crippen molar-refractivity contribution in [3.05, 3.63) is 59.7 Å². The number of benzene rings is 2. The zero-order chi connectivity index (χ0) is 26.0. The fourth-order valence-corrected chi connectivity index (χ4v) is 5.55. The molecule has 0 radical (unpaired) electrons. The summed E-state index contributed by atoms with van der Waals surface area (Å²) in [6.45, 7) is 2.40. The lowest BCUT2D eigenvalue weighted by Crippen LogP contribution is -2.60. The summed E-state index contributed by atoms with van der Waals surface area (Å²) in [4.78, 5) is 45.8. The molecule has 37 heavy (non-hydrogen) atoms. The lowest BCUT2D eigenvalue weighted by molar-refractivity contribution is -0.136. The molecule has 3 amide bonds. The van der Waals surface area contributed by atoms with E-state index in [1.807, 2.05) is 4.90 Å². The van der Waals surface area contributed by atoms with Gasteiger partial charge in [0.15, 0.2) is 0 Å². The van der Waals surface area contributed by atoms with Crippen LogP contribution in [0.4, 0.5) is 0 Å². The average molecular weight is 508 g/mol. The second-order valence-corrected chi connectivity index (χ2v) is 9.73. The number of carbonyl (C=O) groups excluding carboxylic acids is 3. The highest BCUT2D eigenvalue weighted by Gasteiger charge is 2.55. The third-order valence-corrected chi connectivity index (χ3v) is 7.69. The van der Waals surface area contributed by atoms with Crippen LogP contribution in [0.15, 0.2) is 48.5 Å². The highest BCUT2D eigenvalue weighted by Crippen LogP contribution is 2.39. The van der Waals surface area contributed by atoms with Gasteiger partial charge in [0.1, 0.15) is 23.3 Å². The van der Waals surface area contributed by atoms with Gasteiger partial charge in [-0.3, -0.25) is 19.3 Å². The zero-order valence-corrected chi connectivity index (χ0v) is 21.4. The molecule has 2 aromatic rings. The first kappa shape index (κ1) is 25.1. The van der Waals surface area contributed by atoms with Crippen LogP contribution in [0.5, 0.6) is 11.5 Å². The monoisotopic (exact) mass is 507 g/mol. The van der Waals surface area contributed by atoms with Gasteiger partial charge in [-0.2, -0.15) is 0 Å². The summed E-state index contributed by atoms with van der Waals surface area (Å²) in [7, 11) is 3.16. The number of nitrogens with zero attached hydrogens (tertiary/aromatic N) is 3. The van der Waals surface area contributed by atoms with Gasteiger partial charge in [0.05, 0.1) is 20.8 Å². The number of carbonyl (C=O) groups is 3. The molecule has 2 aromatic carbocycles. The smallest absolute Gasteiger partial charge is 0.256 e. The first-order chi connectivity index (χ1) is 18.0. The molecule has 3 heterocycles. The van der Waals surface area contributed by atoms with E-state index in [-0.39, 0.29) is 24.3 Å². The molecule has 3 saturated heterocycles. The molecule has 0 N–H and O–H groups in total. The van der Waals surface area contributed by atoms with E-state index >= 15 is 0 Å².